The molecule has 2 unspecified atom stereocenters. The number of nitrogens with two attached hydrogens (primary N) is 1. The maximum absolute atomic E-state index is 11.9. The van der Waals surface area contributed by atoms with Gasteiger partial charge in [0.15, 0.2) is 0 Å². The minimum absolute atomic E-state index is 0.127. The van der Waals surface area contributed by atoms with Crippen LogP contribution in [-0.4, -0.2) is 36.2 Å². The molecule has 1 amide bonds. The third-order valence-electron chi connectivity index (χ3n) is 2.89. The summed E-state index contributed by atoms with van der Waals surface area (Å²) >= 11 is 0. The summed E-state index contributed by atoms with van der Waals surface area (Å²) in [5.74, 6) is -1.98. The van der Waals surface area contributed by atoms with E-state index in [1.54, 1.807) is 24.3 Å². The number of ether oxygens (including phenoxy) is 1. The second-order valence-electron chi connectivity index (χ2n) is 4.18. The van der Waals surface area contributed by atoms with E-state index in [1.807, 2.05) is 0 Å². The SMILES string of the molecule is Nc1ccc(C(=O)NC2COCC2C(=O)O)cc1. The molecule has 96 valence electrons. The number of carboxylic acids is 1. The first kappa shape index (κ1) is 12.4. The normalized spacial score (nSPS) is 22.7. The second kappa shape index (κ2) is 5.05. The van der Waals surface area contributed by atoms with Gasteiger partial charge in [-0.3, -0.25) is 9.59 Å². The number of aliphatic carboxylic acids is 1. The van der Waals surface area contributed by atoms with Crippen LogP contribution >= 0.6 is 0 Å². The highest BCUT2D eigenvalue weighted by Gasteiger charge is 2.35. The predicted molar refractivity (Wildman–Crippen MR) is 64.1 cm³/mol. The Labute approximate surface area is 104 Å². The molecule has 1 aromatic rings. The minimum atomic E-state index is -0.963. The summed E-state index contributed by atoms with van der Waals surface area (Å²) in [5, 5.41) is 11.6. The fraction of sp³-hybridized carbons (Fsp3) is 0.333. The monoisotopic (exact) mass is 250 g/mol. The van der Waals surface area contributed by atoms with Gasteiger partial charge in [-0.2, -0.15) is 0 Å². The van der Waals surface area contributed by atoms with Crippen LogP contribution in [0.2, 0.25) is 0 Å². The van der Waals surface area contributed by atoms with E-state index in [9.17, 15) is 9.59 Å². The van der Waals surface area contributed by atoms with Gasteiger partial charge in [0.2, 0.25) is 0 Å². The van der Waals surface area contributed by atoms with Gasteiger partial charge in [-0.25, -0.2) is 0 Å². The molecule has 0 radical (unpaired) electrons. The maximum Gasteiger partial charge on any atom is 0.311 e. The Morgan fingerprint density at radius 3 is 2.56 bits per heavy atom. The molecule has 1 heterocycles. The lowest BCUT2D eigenvalue weighted by molar-refractivity contribution is -0.142. The number of amides is 1. The Bertz CT molecular complexity index is 458. The Morgan fingerprint density at radius 1 is 1.28 bits per heavy atom. The maximum atomic E-state index is 11.9. The molecular formula is C12H14N2O4. The van der Waals surface area contributed by atoms with E-state index >= 15 is 0 Å². The van der Waals surface area contributed by atoms with Crippen molar-refractivity contribution in [3.05, 3.63) is 29.8 Å². The number of nitrogen functional groups attached to an aromatic ring is 1. The first-order valence-electron chi connectivity index (χ1n) is 5.55. The lowest BCUT2D eigenvalue weighted by Gasteiger charge is -2.15. The van der Waals surface area contributed by atoms with Gasteiger partial charge in [-0.15, -0.1) is 0 Å². The van der Waals surface area contributed by atoms with Gasteiger partial charge in [-0.05, 0) is 24.3 Å². The lowest BCUT2D eigenvalue weighted by atomic mass is 10.0. The summed E-state index contributed by atoms with van der Waals surface area (Å²) in [6.45, 7) is 0.347. The molecule has 0 saturated carbocycles. The number of rotatable bonds is 3. The van der Waals surface area contributed by atoms with Crippen LogP contribution in [0.5, 0.6) is 0 Å². The molecule has 2 atom stereocenters. The zero-order chi connectivity index (χ0) is 13.1. The van der Waals surface area contributed by atoms with E-state index in [2.05, 4.69) is 5.32 Å². The zero-order valence-electron chi connectivity index (χ0n) is 9.63. The van der Waals surface area contributed by atoms with Crippen molar-refractivity contribution in [1.29, 1.82) is 0 Å². The van der Waals surface area contributed by atoms with Crippen molar-refractivity contribution in [3.8, 4) is 0 Å². The van der Waals surface area contributed by atoms with Crippen LogP contribution in [0.15, 0.2) is 24.3 Å². The molecule has 1 saturated heterocycles. The molecule has 18 heavy (non-hydrogen) atoms. The number of hydrogen-bond acceptors (Lipinski definition) is 4. The van der Waals surface area contributed by atoms with Crippen LogP contribution in [0.25, 0.3) is 0 Å². The number of carbonyl (C=O) groups excluding carboxylic acids is 1. The fourth-order valence-electron chi connectivity index (χ4n) is 1.83. The first-order chi connectivity index (χ1) is 8.58. The van der Waals surface area contributed by atoms with Crippen molar-refractivity contribution < 1.29 is 19.4 Å². The van der Waals surface area contributed by atoms with Crippen LogP contribution in [0, 0.1) is 5.92 Å². The first-order valence-corrected chi connectivity index (χ1v) is 5.55. The number of anilines is 1. The van der Waals surface area contributed by atoms with Crippen LogP contribution in [-0.2, 0) is 9.53 Å². The number of nitrogens with one attached hydrogen (secondary N) is 1. The van der Waals surface area contributed by atoms with Gasteiger partial charge in [0.05, 0.1) is 19.3 Å². The van der Waals surface area contributed by atoms with Gasteiger partial charge >= 0.3 is 5.97 Å². The summed E-state index contributed by atoms with van der Waals surface area (Å²) in [6, 6.07) is 5.93. The Hall–Kier alpha value is -2.08. The largest absolute Gasteiger partial charge is 0.481 e. The Morgan fingerprint density at radius 2 is 1.94 bits per heavy atom. The number of carbonyl (C=O) groups is 2. The third-order valence-corrected chi connectivity index (χ3v) is 2.89. The molecule has 2 rings (SSSR count). The van der Waals surface area contributed by atoms with Gasteiger partial charge in [0, 0.05) is 11.3 Å². The molecule has 1 aliphatic heterocycles. The van der Waals surface area contributed by atoms with Crippen LogP contribution in [0.3, 0.4) is 0 Å². The number of hydrogen-bond donors (Lipinski definition) is 3. The van der Waals surface area contributed by atoms with Gasteiger partial charge < -0.3 is 20.9 Å². The highest BCUT2D eigenvalue weighted by Crippen LogP contribution is 2.15. The van der Waals surface area contributed by atoms with Crippen LogP contribution < -0.4 is 11.1 Å². The average molecular weight is 250 g/mol. The lowest BCUT2D eigenvalue weighted by Crippen LogP contribution is -2.42. The topological polar surface area (TPSA) is 102 Å². The summed E-state index contributed by atoms with van der Waals surface area (Å²) in [5.41, 5.74) is 6.54. The molecular weight excluding hydrogens is 236 g/mol. The van der Waals surface area contributed by atoms with Gasteiger partial charge in [0.1, 0.15) is 5.92 Å². The van der Waals surface area contributed by atoms with E-state index in [0.717, 1.165) is 0 Å². The van der Waals surface area contributed by atoms with Crippen molar-refractivity contribution in [3.63, 3.8) is 0 Å². The summed E-state index contributed by atoms with van der Waals surface area (Å²) in [4.78, 5) is 22.8. The van der Waals surface area contributed by atoms with Crippen LogP contribution in [0.1, 0.15) is 10.4 Å². The molecule has 0 aromatic heterocycles. The molecule has 6 nitrogen and oxygen atoms in total. The van der Waals surface area contributed by atoms with E-state index in [1.165, 1.54) is 0 Å². The van der Waals surface area contributed by atoms with E-state index in [-0.39, 0.29) is 19.1 Å². The Kier molecular flexibility index (Phi) is 3.47. The molecule has 4 N–H and O–H groups in total. The molecule has 1 aromatic carbocycles. The third kappa shape index (κ3) is 2.60. The summed E-state index contributed by atoms with van der Waals surface area (Å²) < 4.78 is 5.07. The highest BCUT2D eigenvalue weighted by atomic mass is 16.5. The van der Waals surface area contributed by atoms with Crippen molar-refractivity contribution >= 4 is 17.6 Å². The summed E-state index contributed by atoms with van der Waals surface area (Å²) in [6.07, 6.45) is 0. The molecule has 0 bridgehead atoms. The molecule has 0 spiro atoms. The fourth-order valence-corrected chi connectivity index (χ4v) is 1.83. The second-order valence-corrected chi connectivity index (χ2v) is 4.18. The molecule has 1 aliphatic rings. The van der Waals surface area contributed by atoms with Crippen molar-refractivity contribution in [2.75, 3.05) is 18.9 Å². The van der Waals surface area contributed by atoms with Crippen molar-refractivity contribution in [2.45, 2.75) is 6.04 Å². The van der Waals surface area contributed by atoms with E-state index < -0.39 is 17.9 Å². The van der Waals surface area contributed by atoms with E-state index in [0.29, 0.717) is 11.3 Å². The quantitative estimate of drug-likeness (QED) is 0.660. The highest BCUT2D eigenvalue weighted by molar-refractivity contribution is 5.95. The van der Waals surface area contributed by atoms with Gasteiger partial charge in [-0.1, -0.05) is 0 Å². The summed E-state index contributed by atoms with van der Waals surface area (Å²) in [7, 11) is 0. The average Bonchev–Trinajstić information content (AvgIpc) is 2.78. The Balaban J connectivity index is 2.03. The van der Waals surface area contributed by atoms with Crippen molar-refractivity contribution in [1.82, 2.24) is 5.32 Å². The standard InChI is InChI=1S/C12H14N2O4/c13-8-3-1-7(2-4-8)11(15)14-10-6-18-5-9(10)12(16)17/h1-4,9-10H,5-6,13H2,(H,14,15)(H,16,17). The predicted octanol–water partition coefficient (Wildman–Crippen LogP) is 0.0982. The minimum Gasteiger partial charge on any atom is -0.481 e. The smallest absolute Gasteiger partial charge is 0.311 e. The van der Waals surface area contributed by atoms with E-state index in [4.69, 9.17) is 15.6 Å². The zero-order valence-corrected chi connectivity index (χ0v) is 9.63. The molecule has 1 fully saturated rings. The molecule has 6 heteroatoms. The van der Waals surface area contributed by atoms with Gasteiger partial charge in [0.25, 0.3) is 5.91 Å². The molecule has 0 aliphatic carbocycles. The number of carboxylic acid groups (broad SMARTS) is 1. The number of benzene rings is 1. The van der Waals surface area contributed by atoms with Crippen LogP contribution in [0.4, 0.5) is 5.69 Å². The van der Waals surface area contributed by atoms with Crippen molar-refractivity contribution in [2.24, 2.45) is 5.92 Å².